The lowest BCUT2D eigenvalue weighted by atomic mass is 10.1. The molecule has 0 aliphatic heterocycles. The lowest BCUT2D eigenvalue weighted by Crippen LogP contribution is -2.34. The van der Waals surface area contributed by atoms with Gasteiger partial charge >= 0.3 is 6.03 Å². The summed E-state index contributed by atoms with van der Waals surface area (Å²) in [6.45, 7) is 5.66. The number of hydrogen-bond acceptors (Lipinski definition) is 3. The first-order valence-electron chi connectivity index (χ1n) is 9.53. The van der Waals surface area contributed by atoms with Gasteiger partial charge in [-0.25, -0.2) is 4.79 Å². The Kier molecular flexibility index (Phi) is 6.56. The van der Waals surface area contributed by atoms with Gasteiger partial charge in [0.25, 0.3) is 5.91 Å². The maximum Gasteiger partial charge on any atom is 0.319 e. The van der Waals surface area contributed by atoms with Gasteiger partial charge in [0.2, 0.25) is 0 Å². The number of aryl methyl sites for hydroxylation is 2. The molecule has 3 N–H and O–H groups in total. The molecule has 0 fully saturated rings. The maximum absolute atomic E-state index is 12.9. The molecule has 3 amide bonds. The zero-order valence-electron chi connectivity index (χ0n) is 17.3. The Balaban J connectivity index is 1.84. The standard InChI is InChI=1S/C22H24BrN5O2/c1-13(2)24-22(30)25-18-7-5-6-16(12-18)21(29)26-20-19(14(3)27-28(20)4)15-8-10-17(23)11-9-15/h5-13H,1-4H3,(H,26,29)(H2,24,25,30). The van der Waals surface area contributed by atoms with E-state index in [4.69, 9.17) is 0 Å². The number of halogens is 1. The molecule has 0 spiro atoms. The largest absolute Gasteiger partial charge is 0.336 e. The number of aromatic nitrogens is 2. The molecular weight excluding hydrogens is 446 g/mol. The van der Waals surface area contributed by atoms with Crippen LogP contribution in [0.4, 0.5) is 16.3 Å². The number of amides is 3. The van der Waals surface area contributed by atoms with E-state index in [1.54, 1.807) is 36.0 Å². The number of urea groups is 1. The number of nitrogens with one attached hydrogen (secondary N) is 3. The fourth-order valence-corrected chi connectivity index (χ4v) is 3.38. The van der Waals surface area contributed by atoms with E-state index in [9.17, 15) is 9.59 Å². The van der Waals surface area contributed by atoms with Crippen molar-refractivity contribution < 1.29 is 9.59 Å². The summed E-state index contributed by atoms with van der Waals surface area (Å²) in [5.74, 6) is 0.319. The van der Waals surface area contributed by atoms with E-state index < -0.39 is 0 Å². The van der Waals surface area contributed by atoms with E-state index in [0.29, 0.717) is 17.1 Å². The summed E-state index contributed by atoms with van der Waals surface area (Å²) in [5.41, 5.74) is 3.60. The molecule has 0 radical (unpaired) electrons. The van der Waals surface area contributed by atoms with Crippen LogP contribution in [0.3, 0.4) is 0 Å². The molecule has 3 aromatic rings. The van der Waals surface area contributed by atoms with Crippen molar-refractivity contribution in [3.05, 3.63) is 64.3 Å². The zero-order chi connectivity index (χ0) is 21.8. The molecule has 3 rings (SSSR count). The van der Waals surface area contributed by atoms with Crippen LogP contribution in [0.5, 0.6) is 0 Å². The van der Waals surface area contributed by atoms with Crippen molar-refractivity contribution in [1.82, 2.24) is 15.1 Å². The van der Waals surface area contributed by atoms with Gasteiger partial charge < -0.3 is 16.0 Å². The van der Waals surface area contributed by atoms with E-state index in [2.05, 4.69) is 37.0 Å². The van der Waals surface area contributed by atoms with E-state index in [1.165, 1.54) is 0 Å². The van der Waals surface area contributed by atoms with Crippen molar-refractivity contribution in [3.63, 3.8) is 0 Å². The van der Waals surface area contributed by atoms with Gasteiger partial charge in [-0.2, -0.15) is 5.10 Å². The van der Waals surface area contributed by atoms with Gasteiger partial charge in [-0.1, -0.05) is 34.1 Å². The quantitative estimate of drug-likeness (QED) is 0.494. The number of carbonyl (C=O) groups excluding carboxylic acids is 2. The first-order valence-corrected chi connectivity index (χ1v) is 10.3. The van der Waals surface area contributed by atoms with Gasteiger partial charge in [0, 0.05) is 34.4 Å². The van der Waals surface area contributed by atoms with Gasteiger partial charge in [0.1, 0.15) is 5.82 Å². The van der Waals surface area contributed by atoms with Crippen LogP contribution in [0.1, 0.15) is 29.9 Å². The molecule has 7 nitrogen and oxygen atoms in total. The molecule has 0 aliphatic carbocycles. The SMILES string of the molecule is Cc1nn(C)c(NC(=O)c2cccc(NC(=O)NC(C)C)c2)c1-c1ccc(Br)cc1. The smallest absolute Gasteiger partial charge is 0.319 e. The third-order valence-electron chi connectivity index (χ3n) is 4.39. The molecule has 156 valence electrons. The van der Waals surface area contributed by atoms with Crippen LogP contribution in [0, 0.1) is 6.92 Å². The highest BCUT2D eigenvalue weighted by Gasteiger charge is 2.18. The summed E-state index contributed by atoms with van der Waals surface area (Å²) in [4.78, 5) is 24.9. The van der Waals surface area contributed by atoms with Crippen LogP contribution in [0.25, 0.3) is 11.1 Å². The highest BCUT2D eigenvalue weighted by molar-refractivity contribution is 9.10. The lowest BCUT2D eigenvalue weighted by molar-refractivity contribution is 0.102. The van der Waals surface area contributed by atoms with Gasteiger partial charge in [-0.15, -0.1) is 0 Å². The van der Waals surface area contributed by atoms with Crippen molar-refractivity contribution >= 4 is 39.4 Å². The predicted octanol–water partition coefficient (Wildman–Crippen LogP) is 4.94. The Morgan fingerprint density at radius 3 is 2.43 bits per heavy atom. The summed E-state index contributed by atoms with van der Waals surface area (Å²) in [6, 6.07) is 14.3. The van der Waals surface area contributed by atoms with E-state index in [-0.39, 0.29) is 18.0 Å². The minimum atomic E-state index is -0.317. The number of anilines is 2. The van der Waals surface area contributed by atoms with Crippen LogP contribution in [0.2, 0.25) is 0 Å². The van der Waals surface area contributed by atoms with Gasteiger partial charge in [0.05, 0.1) is 5.69 Å². The summed E-state index contributed by atoms with van der Waals surface area (Å²) < 4.78 is 2.63. The molecule has 8 heteroatoms. The first kappa shape index (κ1) is 21.6. The van der Waals surface area contributed by atoms with Crippen LogP contribution in [-0.2, 0) is 7.05 Å². The van der Waals surface area contributed by atoms with Crippen molar-refractivity contribution in [2.75, 3.05) is 10.6 Å². The molecule has 2 aromatic carbocycles. The van der Waals surface area contributed by atoms with Crippen molar-refractivity contribution in [2.45, 2.75) is 26.8 Å². The Hall–Kier alpha value is -3.13. The number of rotatable bonds is 5. The second kappa shape index (κ2) is 9.13. The zero-order valence-corrected chi connectivity index (χ0v) is 18.9. The van der Waals surface area contributed by atoms with Crippen LogP contribution < -0.4 is 16.0 Å². The molecule has 0 atom stereocenters. The molecule has 0 saturated carbocycles. The Labute approximate surface area is 184 Å². The molecule has 1 aromatic heterocycles. The topological polar surface area (TPSA) is 88.1 Å². The number of benzene rings is 2. The minimum Gasteiger partial charge on any atom is -0.336 e. The van der Waals surface area contributed by atoms with Gasteiger partial charge in [-0.3, -0.25) is 9.48 Å². The molecular formula is C22H24BrN5O2. The number of nitrogens with zero attached hydrogens (tertiary/aromatic N) is 2. The van der Waals surface area contributed by atoms with Gasteiger partial charge in [0.15, 0.2) is 0 Å². The van der Waals surface area contributed by atoms with Crippen LogP contribution >= 0.6 is 15.9 Å². The van der Waals surface area contributed by atoms with E-state index in [1.807, 2.05) is 45.0 Å². The average Bonchev–Trinajstić information content (AvgIpc) is 2.95. The summed E-state index contributed by atoms with van der Waals surface area (Å²) in [7, 11) is 1.79. The van der Waals surface area contributed by atoms with Crippen molar-refractivity contribution in [2.24, 2.45) is 7.05 Å². The lowest BCUT2D eigenvalue weighted by Gasteiger charge is -2.12. The first-order chi connectivity index (χ1) is 14.2. The van der Waals surface area contributed by atoms with Crippen LogP contribution in [-0.4, -0.2) is 27.8 Å². The molecule has 1 heterocycles. The fraction of sp³-hybridized carbons (Fsp3) is 0.227. The average molecular weight is 470 g/mol. The van der Waals surface area contributed by atoms with E-state index >= 15 is 0 Å². The molecule has 30 heavy (non-hydrogen) atoms. The number of carbonyl (C=O) groups is 2. The Morgan fingerprint density at radius 1 is 1.07 bits per heavy atom. The fourth-order valence-electron chi connectivity index (χ4n) is 3.11. The second-order valence-corrected chi connectivity index (χ2v) is 8.14. The normalized spacial score (nSPS) is 10.7. The highest BCUT2D eigenvalue weighted by Crippen LogP contribution is 2.32. The summed E-state index contributed by atoms with van der Waals surface area (Å²) >= 11 is 3.44. The third-order valence-corrected chi connectivity index (χ3v) is 4.92. The van der Waals surface area contributed by atoms with Crippen molar-refractivity contribution in [1.29, 1.82) is 0 Å². The molecule has 0 saturated heterocycles. The van der Waals surface area contributed by atoms with Crippen LogP contribution in [0.15, 0.2) is 53.0 Å². The van der Waals surface area contributed by atoms with E-state index in [0.717, 1.165) is 21.3 Å². The monoisotopic (exact) mass is 469 g/mol. The predicted molar refractivity (Wildman–Crippen MR) is 123 cm³/mol. The Morgan fingerprint density at radius 2 is 1.77 bits per heavy atom. The summed E-state index contributed by atoms with van der Waals surface area (Å²) in [5, 5.41) is 12.9. The molecule has 0 bridgehead atoms. The number of hydrogen-bond donors (Lipinski definition) is 3. The van der Waals surface area contributed by atoms with Crippen molar-refractivity contribution in [3.8, 4) is 11.1 Å². The summed E-state index contributed by atoms with van der Waals surface area (Å²) in [6.07, 6.45) is 0. The Bertz CT molecular complexity index is 1070. The van der Waals surface area contributed by atoms with Gasteiger partial charge in [-0.05, 0) is 56.7 Å². The second-order valence-electron chi connectivity index (χ2n) is 7.23. The molecule has 0 aliphatic rings. The minimum absolute atomic E-state index is 0.0154. The third kappa shape index (κ3) is 5.07. The molecule has 0 unspecified atom stereocenters. The maximum atomic E-state index is 12.9. The highest BCUT2D eigenvalue weighted by atomic mass is 79.9.